The van der Waals surface area contributed by atoms with Gasteiger partial charge in [-0.05, 0) is 38.0 Å². The number of benzene rings is 1. The third-order valence-electron chi connectivity index (χ3n) is 3.72. The molecule has 1 aliphatic heterocycles. The number of carbonyl (C=O) groups excluding carboxylic acids is 1. The molecule has 2 atom stereocenters. The predicted octanol–water partition coefficient (Wildman–Crippen LogP) is 2.86. The van der Waals surface area contributed by atoms with Crippen LogP contribution in [0.1, 0.15) is 19.8 Å². The molecule has 0 spiro atoms. The van der Waals surface area contributed by atoms with Crippen LogP contribution in [0.15, 0.2) is 30.5 Å². The van der Waals surface area contributed by atoms with E-state index in [1.54, 1.807) is 0 Å². The number of carbonyl (C=O) groups is 1. The Hall–Kier alpha value is -2.01. The Morgan fingerprint density at radius 2 is 2.35 bits per heavy atom. The molecule has 2 heterocycles. The van der Waals surface area contributed by atoms with Gasteiger partial charge in [-0.2, -0.15) is 0 Å². The summed E-state index contributed by atoms with van der Waals surface area (Å²) in [5.74, 6) is 0. The monoisotopic (exact) mass is 273 g/mol. The number of hydrogen-bond acceptors (Lipinski definition) is 2. The van der Waals surface area contributed by atoms with Crippen LogP contribution < -0.4 is 10.6 Å². The fourth-order valence-corrected chi connectivity index (χ4v) is 2.65. The summed E-state index contributed by atoms with van der Waals surface area (Å²) in [5, 5.41) is 6.85. The first-order chi connectivity index (χ1) is 9.74. The maximum absolute atomic E-state index is 12.1. The predicted molar refractivity (Wildman–Crippen MR) is 78.9 cm³/mol. The first-order valence-electron chi connectivity index (χ1n) is 6.99. The van der Waals surface area contributed by atoms with Gasteiger partial charge < -0.3 is 20.4 Å². The molecule has 2 aromatic rings. The molecular formula is C15H19N3O2. The standard InChI is InChI=1S/C15H19N3O2/c1-10(14-6-3-9-20-14)17-15(19)18-13-5-2-4-12-11(13)7-8-16-12/h2,4-5,7-8,10,14,16H,3,6,9H2,1H3,(H2,17,18,19)/t10-,14+/m1/s1. The Labute approximate surface area is 117 Å². The van der Waals surface area contributed by atoms with Gasteiger partial charge in [0, 0.05) is 23.7 Å². The van der Waals surface area contributed by atoms with Crippen LogP contribution in [-0.4, -0.2) is 29.8 Å². The Balaban J connectivity index is 1.65. The van der Waals surface area contributed by atoms with E-state index in [-0.39, 0.29) is 18.2 Å². The van der Waals surface area contributed by atoms with Gasteiger partial charge in [-0.25, -0.2) is 4.79 Å². The lowest BCUT2D eigenvalue weighted by Crippen LogP contribution is -2.43. The molecule has 5 nitrogen and oxygen atoms in total. The van der Waals surface area contributed by atoms with Crippen molar-refractivity contribution >= 4 is 22.6 Å². The molecule has 5 heteroatoms. The lowest BCUT2D eigenvalue weighted by Gasteiger charge is -2.20. The van der Waals surface area contributed by atoms with Crippen molar-refractivity contribution in [2.75, 3.05) is 11.9 Å². The van der Waals surface area contributed by atoms with Crippen molar-refractivity contribution < 1.29 is 9.53 Å². The van der Waals surface area contributed by atoms with Crippen LogP contribution in [0.2, 0.25) is 0 Å². The summed E-state index contributed by atoms with van der Waals surface area (Å²) < 4.78 is 5.58. The summed E-state index contributed by atoms with van der Waals surface area (Å²) >= 11 is 0. The molecule has 1 aromatic carbocycles. The number of ether oxygens (including phenoxy) is 1. The van der Waals surface area contributed by atoms with Crippen LogP contribution in [0, 0.1) is 0 Å². The lowest BCUT2D eigenvalue weighted by atomic mass is 10.1. The Morgan fingerprint density at radius 1 is 1.45 bits per heavy atom. The van der Waals surface area contributed by atoms with Crippen molar-refractivity contribution in [1.82, 2.24) is 10.3 Å². The zero-order valence-electron chi connectivity index (χ0n) is 11.5. The maximum Gasteiger partial charge on any atom is 0.319 e. The van der Waals surface area contributed by atoms with Crippen LogP contribution in [0.25, 0.3) is 10.9 Å². The van der Waals surface area contributed by atoms with E-state index in [9.17, 15) is 4.79 Å². The molecule has 106 valence electrons. The number of nitrogens with one attached hydrogen (secondary N) is 3. The number of aromatic nitrogens is 1. The van der Waals surface area contributed by atoms with E-state index in [1.807, 2.05) is 37.4 Å². The Morgan fingerprint density at radius 3 is 3.15 bits per heavy atom. The highest BCUT2D eigenvalue weighted by Crippen LogP contribution is 2.22. The molecular weight excluding hydrogens is 254 g/mol. The van der Waals surface area contributed by atoms with E-state index in [2.05, 4.69) is 15.6 Å². The fourth-order valence-electron chi connectivity index (χ4n) is 2.65. The topological polar surface area (TPSA) is 66.2 Å². The molecule has 0 radical (unpaired) electrons. The van der Waals surface area contributed by atoms with E-state index >= 15 is 0 Å². The number of H-pyrrole nitrogens is 1. The van der Waals surface area contributed by atoms with Gasteiger partial charge in [0.25, 0.3) is 0 Å². The van der Waals surface area contributed by atoms with E-state index in [0.29, 0.717) is 0 Å². The van der Waals surface area contributed by atoms with Gasteiger partial charge in [0.1, 0.15) is 0 Å². The highest BCUT2D eigenvalue weighted by Gasteiger charge is 2.23. The molecule has 1 aromatic heterocycles. The van der Waals surface area contributed by atoms with E-state index in [0.717, 1.165) is 36.0 Å². The molecule has 2 amide bonds. The number of fused-ring (bicyclic) bond motifs is 1. The Kier molecular flexibility index (Phi) is 3.60. The molecule has 3 rings (SSSR count). The zero-order chi connectivity index (χ0) is 13.9. The summed E-state index contributed by atoms with van der Waals surface area (Å²) in [6.07, 6.45) is 4.07. The normalized spacial score (nSPS) is 19.9. The third kappa shape index (κ3) is 2.63. The second kappa shape index (κ2) is 5.54. The van der Waals surface area contributed by atoms with Crippen LogP contribution in [0.3, 0.4) is 0 Å². The first kappa shape index (κ1) is 13.0. The minimum absolute atomic E-state index is 0.0166. The molecule has 0 aliphatic carbocycles. The van der Waals surface area contributed by atoms with Crippen molar-refractivity contribution in [3.05, 3.63) is 30.5 Å². The number of rotatable bonds is 3. The zero-order valence-corrected chi connectivity index (χ0v) is 11.5. The summed E-state index contributed by atoms with van der Waals surface area (Å²) in [5.41, 5.74) is 1.82. The minimum Gasteiger partial charge on any atom is -0.376 e. The molecule has 0 saturated carbocycles. The highest BCUT2D eigenvalue weighted by atomic mass is 16.5. The number of urea groups is 1. The number of aromatic amines is 1. The molecule has 1 aliphatic rings. The largest absolute Gasteiger partial charge is 0.376 e. The van der Waals surface area contributed by atoms with Crippen molar-refractivity contribution in [2.24, 2.45) is 0 Å². The van der Waals surface area contributed by atoms with Crippen LogP contribution in [-0.2, 0) is 4.74 Å². The third-order valence-corrected chi connectivity index (χ3v) is 3.72. The summed E-state index contributed by atoms with van der Waals surface area (Å²) in [6, 6.07) is 7.57. The van der Waals surface area contributed by atoms with Gasteiger partial charge in [-0.3, -0.25) is 0 Å². The average molecular weight is 273 g/mol. The van der Waals surface area contributed by atoms with Gasteiger partial charge in [-0.15, -0.1) is 0 Å². The first-order valence-corrected chi connectivity index (χ1v) is 6.99. The van der Waals surface area contributed by atoms with Crippen LogP contribution in [0.4, 0.5) is 10.5 Å². The number of hydrogen-bond donors (Lipinski definition) is 3. The van der Waals surface area contributed by atoms with Gasteiger partial charge in [0.05, 0.1) is 17.8 Å². The number of anilines is 1. The highest BCUT2D eigenvalue weighted by molar-refractivity contribution is 6.00. The van der Waals surface area contributed by atoms with Gasteiger partial charge in [0.15, 0.2) is 0 Å². The molecule has 3 N–H and O–H groups in total. The van der Waals surface area contributed by atoms with E-state index in [4.69, 9.17) is 4.74 Å². The summed E-state index contributed by atoms with van der Waals surface area (Å²) in [6.45, 7) is 2.77. The molecule has 0 unspecified atom stereocenters. The quantitative estimate of drug-likeness (QED) is 0.805. The summed E-state index contributed by atoms with van der Waals surface area (Å²) in [4.78, 5) is 15.2. The van der Waals surface area contributed by atoms with Gasteiger partial charge in [0.2, 0.25) is 0 Å². The fraction of sp³-hybridized carbons (Fsp3) is 0.400. The Bertz CT molecular complexity index is 602. The van der Waals surface area contributed by atoms with Crippen LogP contribution in [0.5, 0.6) is 0 Å². The molecule has 1 fully saturated rings. The van der Waals surface area contributed by atoms with Crippen molar-refractivity contribution in [1.29, 1.82) is 0 Å². The second-order valence-corrected chi connectivity index (χ2v) is 5.18. The van der Waals surface area contributed by atoms with E-state index < -0.39 is 0 Å². The van der Waals surface area contributed by atoms with Gasteiger partial charge in [-0.1, -0.05) is 6.07 Å². The van der Waals surface area contributed by atoms with E-state index in [1.165, 1.54) is 0 Å². The van der Waals surface area contributed by atoms with Crippen LogP contribution >= 0.6 is 0 Å². The number of amides is 2. The SMILES string of the molecule is C[C@@H](NC(=O)Nc1cccc2[nH]ccc12)[C@@H]1CCCO1. The average Bonchev–Trinajstić information content (AvgIpc) is 3.10. The second-order valence-electron chi connectivity index (χ2n) is 5.18. The van der Waals surface area contributed by atoms with Gasteiger partial charge >= 0.3 is 6.03 Å². The maximum atomic E-state index is 12.1. The smallest absolute Gasteiger partial charge is 0.319 e. The minimum atomic E-state index is -0.193. The van der Waals surface area contributed by atoms with Crippen molar-refractivity contribution in [2.45, 2.75) is 31.9 Å². The molecule has 20 heavy (non-hydrogen) atoms. The summed E-state index contributed by atoms with van der Waals surface area (Å²) in [7, 11) is 0. The molecule has 1 saturated heterocycles. The van der Waals surface area contributed by atoms with Crippen molar-refractivity contribution in [3.8, 4) is 0 Å². The molecule has 0 bridgehead atoms. The van der Waals surface area contributed by atoms with Crippen molar-refractivity contribution in [3.63, 3.8) is 0 Å². The lowest BCUT2D eigenvalue weighted by molar-refractivity contribution is 0.0868.